The maximum atomic E-state index is 13.3. The zero-order chi connectivity index (χ0) is 21.1. The molecule has 0 amide bonds. The van der Waals surface area contributed by atoms with Gasteiger partial charge >= 0.3 is 0 Å². The lowest BCUT2D eigenvalue weighted by Gasteiger charge is -2.25. The Kier molecular flexibility index (Phi) is 5.87. The van der Waals surface area contributed by atoms with E-state index in [2.05, 4.69) is 16.9 Å². The summed E-state index contributed by atoms with van der Waals surface area (Å²) in [6, 6.07) is 8.31. The fourth-order valence-electron chi connectivity index (χ4n) is 3.83. The van der Waals surface area contributed by atoms with Gasteiger partial charge in [0.25, 0.3) is 0 Å². The maximum absolute atomic E-state index is 13.3. The van der Waals surface area contributed by atoms with Crippen LogP contribution in [0.15, 0.2) is 59.9 Å². The van der Waals surface area contributed by atoms with E-state index in [-0.39, 0.29) is 4.90 Å². The lowest BCUT2D eigenvalue weighted by molar-refractivity contribution is 0.390. The Morgan fingerprint density at radius 3 is 2.57 bits per heavy atom. The summed E-state index contributed by atoms with van der Waals surface area (Å²) in [6.07, 6.45) is 8.19. The van der Waals surface area contributed by atoms with Crippen molar-refractivity contribution in [2.75, 3.05) is 6.54 Å². The van der Waals surface area contributed by atoms with Crippen molar-refractivity contribution in [2.24, 2.45) is 0 Å². The van der Waals surface area contributed by atoms with Gasteiger partial charge in [-0.05, 0) is 61.2 Å². The van der Waals surface area contributed by atoms with E-state index >= 15 is 0 Å². The Labute approximate surface area is 175 Å². The van der Waals surface area contributed by atoms with E-state index in [0.717, 1.165) is 30.4 Å². The van der Waals surface area contributed by atoms with Crippen LogP contribution in [0, 0.1) is 5.82 Å². The Balaban J connectivity index is 1.80. The summed E-state index contributed by atoms with van der Waals surface area (Å²) >= 11 is 0. The molecule has 1 saturated heterocycles. The van der Waals surface area contributed by atoms with Crippen molar-refractivity contribution in [3.63, 3.8) is 0 Å². The molecule has 0 N–H and O–H groups in total. The second-order valence-corrected chi connectivity index (χ2v) is 9.19. The highest BCUT2D eigenvalue weighted by molar-refractivity contribution is 7.89. The lowest BCUT2D eigenvalue weighted by Crippen LogP contribution is -2.31. The van der Waals surface area contributed by atoms with Crippen LogP contribution in [0.4, 0.5) is 4.39 Å². The third kappa shape index (κ3) is 3.97. The molecule has 1 aliphatic heterocycles. The summed E-state index contributed by atoms with van der Waals surface area (Å²) in [5.74, 6) is 0.239. The van der Waals surface area contributed by atoms with Gasteiger partial charge in [0.15, 0.2) is 0 Å². The van der Waals surface area contributed by atoms with Crippen molar-refractivity contribution >= 4 is 10.0 Å². The Bertz CT molecular complexity index is 1120. The molecule has 1 atom stereocenters. The number of benzene rings is 1. The molecule has 4 rings (SSSR count). The van der Waals surface area contributed by atoms with E-state index in [9.17, 15) is 12.8 Å². The molecule has 0 spiro atoms. The van der Waals surface area contributed by atoms with Gasteiger partial charge in [0.05, 0.1) is 16.6 Å². The van der Waals surface area contributed by atoms with Crippen LogP contribution in [0.25, 0.3) is 11.1 Å². The van der Waals surface area contributed by atoms with E-state index in [1.807, 2.05) is 12.1 Å². The van der Waals surface area contributed by atoms with Gasteiger partial charge in [-0.25, -0.2) is 22.8 Å². The summed E-state index contributed by atoms with van der Waals surface area (Å²) in [7, 11) is -3.78. The Hall–Kier alpha value is -2.71. The number of aryl methyl sites for hydroxylation is 1. The smallest absolute Gasteiger partial charge is 0.243 e. The van der Waals surface area contributed by atoms with Crippen LogP contribution in [0.3, 0.4) is 0 Å². The molecule has 8 heteroatoms. The predicted molar refractivity (Wildman–Crippen MR) is 112 cm³/mol. The predicted octanol–water partition coefficient (Wildman–Crippen LogP) is 4.16. The first-order valence-corrected chi connectivity index (χ1v) is 11.5. The molecule has 1 aliphatic rings. The van der Waals surface area contributed by atoms with E-state index in [1.54, 1.807) is 18.6 Å². The standard InChI is InChI=1S/C22H23FN4O2S/c1-2-4-21-25-15-19(16-10-12-24-13-11-16)22(26-21)20-5-3-14-27(20)30(28,29)18-8-6-17(23)7-9-18/h6-13,15,20H,2-5,14H2,1H3/t20-/m0/s1. The molecule has 3 heterocycles. The first-order chi connectivity index (χ1) is 14.5. The molecule has 30 heavy (non-hydrogen) atoms. The van der Waals surface area contributed by atoms with Crippen molar-refractivity contribution in [1.82, 2.24) is 19.3 Å². The summed E-state index contributed by atoms with van der Waals surface area (Å²) in [6.45, 7) is 2.45. The maximum Gasteiger partial charge on any atom is 0.243 e. The number of halogens is 1. The van der Waals surface area contributed by atoms with Crippen LogP contribution in [0.1, 0.15) is 43.7 Å². The molecular formula is C22H23FN4O2S. The molecule has 6 nitrogen and oxygen atoms in total. The van der Waals surface area contributed by atoms with Crippen molar-refractivity contribution in [3.05, 3.63) is 72.3 Å². The average Bonchev–Trinajstić information content (AvgIpc) is 3.26. The number of hydrogen-bond donors (Lipinski definition) is 0. The number of sulfonamides is 1. The van der Waals surface area contributed by atoms with Gasteiger partial charge < -0.3 is 0 Å². The normalized spacial score (nSPS) is 17.3. The summed E-state index contributed by atoms with van der Waals surface area (Å²) in [4.78, 5) is 13.4. The molecule has 0 radical (unpaired) electrons. The minimum atomic E-state index is -3.78. The topological polar surface area (TPSA) is 76.1 Å². The van der Waals surface area contributed by atoms with E-state index < -0.39 is 21.9 Å². The summed E-state index contributed by atoms with van der Waals surface area (Å²) in [5.41, 5.74) is 2.42. The second-order valence-electron chi connectivity index (χ2n) is 7.30. The number of aromatic nitrogens is 3. The third-order valence-electron chi connectivity index (χ3n) is 5.27. The van der Waals surface area contributed by atoms with Gasteiger partial charge in [-0.2, -0.15) is 4.31 Å². The van der Waals surface area contributed by atoms with Crippen molar-refractivity contribution in [1.29, 1.82) is 0 Å². The van der Waals surface area contributed by atoms with Crippen molar-refractivity contribution in [2.45, 2.75) is 43.5 Å². The molecule has 3 aromatic rings. The Morgan fingerprint density at radius 2 is 1.87 bits per heavy atom. The molecule has 0 saturated carbocycles. The first kappa shape index (κ1) is 20.6. The van der Waals surface area contributed by atoms with E-state index in [0.29, 0.717) is 24.5 Å². The quantitative estimate of drug-likeness (QED) is 0.592. The average molecular weight is 427 g/mol. The fraction of sp³-hybridized carbons (Fsp3) is 0.318. The molecule has 0 aliphatic carbocycles. The number of hydrogen-bond acceptors (Lipinski definition) is 5. The van der Waals surface area contributed by atoms with Gasteiger partial charge in [-0.15, -0.1) is 0 Å². The minimum absolute atomic E-state index is 0.0871. The Morgan fingerprint density at radius 1 is 1.13 bits per heavy atom. The second kappa shape index (κ2) is 8.57. The van der Waals surface area contributed by atoms with Crippen molar-refractivity contribution in [3.8, 4) is 11.1 Å². The fourth-order valence-corrected chi connectivity index (χ4v) is 5.49. The largest absolute Gasteiger partial charge is 0.265 e. The highest BCUT2D eigenvalue weighted by atomic mass is 32.2. The van der Waals surface area contributed by atoms with Crippen LogP contribution < -0.4 is 0 Å². The summed E-state index contributed by atoms with van der Waals surface area (Å²) in [5, 5.41) is 0. The third-order valence-corrected chi connectivity index (χ3v) is 7.20. The lowest BCUT2D eigenvalue weighted by atomic mass is 10.0. The van der Waals surface area contributed by atoms with E-state index in [4.69, 9.17) is 4.98 Å². The zero-order valence-corrected chi connectivity index (χ0v) is 17.5. The van der Waals surface area contributed by atoms with Crippen LogP contribution >= 0.6 is 0 Å². The van der Waals surface area contributed by atoms with Gasteiger partial charge in [-0.3, -0.25) is 4.98 Å². The van der Waals surface area contributed by atoms with Crippen LogP contribution in [0.5, 0.6) is 0 Å². The van der Waals surface area contributed by atoms with E-state index in [1.165, 1.54) is 28.6 Å². The minimum Gasteiger partial charge on any atom is -0.265 e. The highest BCUT2D eigenvalue weighted by Gasteiger charge is 2.38. The SMILES string of the molecule is CCCc1ncc(-c2ccncc2)c([C@@H]2CCCN2S(=O)(=O)c2ccc(F)cc2)n1. The molecule has 0 unspecified atom stereocenters. The van der Waals surface area contributed by atoms with Crippen LogP contribution in [-0.4, -0.2) is 34.2 Å². The number of nitrogens with zero attached hydrogens (tertiary/aromatic N) is 4. The van der Waals surface area contributed by atoms with Gasteiger partial charge in [0, 0.05) is 37.1 Å². The van der Waals surface area contributed by atoms with Gasteiger partial charge in [0.2, 0.25) is 10.0 Å². The monoisotopic (exact) mass is 426 g/mol. The van der Waals surface area contributed by atoms with Gasteiger partial charge in [-0.1, -0.05) is 6.92 Å². The summed E-state index contributed by atoms with van der Waals surface area (Å²) < 4.78 is 41.5. The molecule has 1 aromatic carbocycles. The molecule has 156 valence electrons. The molecular weight excluding hydrogens is 403 g/mol. The molecule has 2 aromatic heterocycles. The zero-order valence-electron chi connectivity index (χ0n) is 16.7. The van der Waals surface area contributed by atoms with Crippen molar-refractivity contribution < 1.29 is 12.8 Å². The van der Waals surface area contributed by atoms with Crippen LogP contribution in [-0.2, 0) is 16.4 Å². The van der Waals surface area contributed by atoms with Gasteiger partial charge in [0.1, 0.15) is 11.6 Å². The van der Waals surface area contributed by atoms with Crippen LogP contribution in [0.2, 0.25) is 0 Å². The molecule has 1 fully saturated rings. The molecule has 0 bridgehead atoms. The highest BCUT2D eigenvalue weighted by Crippen LogP contribution is 2.39. The first-order valence-electron chi connectivity index (χ1n) is 10.0. The number of pyridine rings is 1. The number of rotatable bonds is 6.